The number of anilines is 1. The lowest BCUT2D eigenvalue weighted by Gasteiger charge is -2.17. The van der Waals surface area contributed by atoms with Crippen molar-refractivity contribution in [1.29, 1.82) is 0 Å². The van der Waals surface area contributed by atoms with Gasteiger partial charge in [0.15, 0.2) is 0 Å². The van der Waals surface area contributed by atoms with Crippen LogP contribution in [0.25, 0.3) is 0 Å². The van der Waals surface area contributed by atoms with E-state index in [4.69, 9.17) is 10.2 Å². The van der Waals surface area contributed by atoms with Crippen molar-refractivity contribution in [1.82, 2.24) is 0 Å². The number of carbonyl (C=O) groups is 1. The van der Waals surface area contributed by atoms with Crippen molar-refractivity contribution in [3.05, 3.63) is 30.3 Å². The first kappa shape index (κ1) is 9.54. The van der Waals surface area contributed by atoms with Crippen LogP contribution >= 0.6 is 0 Å². The smallest absolute Gasteiger partial charge is 0.411 e. The molecule has 1 aromatic rings. The van der Waals surface area contributed by atoms with E-state index in [2.05, 4.69) is 0 Å². The molecular weight excluding hydrogens is 170 g/mol. The Hall–Kier alpha value is -1.55. The number of amides is 1. The molecule has 2 N–H and O–H groups in total. The molecule has 0 aliphatic rings. The van der Waals surface area contributed by atoms with Crippen molar-refractivity contribution in [2.45, 2.75) is 0 Å². The third kappa shape index (κ3) is 2.45. The van der Waals surface area contributed by atoms with Crippen molar-refractivity contribution in [2.75, 3.05) is 18.1 Å². The van der Waals surface area contributed by atoms with Crippen LogP contribution < -0.4 is 4.90 Å². The molecule has 0 unspecified atom stereocenters. The summed E-state index contributed by atoms with van der Waals surface area (Å²) in [6.45, 7) is -0.0828. The molecule has 0 aliphatic carbocycles. The average Bonchev–Trinajstić information content (AvgIpc) is 2.15. The van der Waals surface area contributed by atoms with Crippen LogP contribution in [0.15, 0.2) is 30.3 Å². The maximum absolute atomic E-state index is 10.7. The molecule has 0 fully saturated rings. The fraction of sp³-hybridized carbons (Fsp3) is 0.222. The number of benzene rings is 1. The summed E-state index contributed by atoms with van der Waals surface area (Å²) in [6, 6.07) is 8.68. The number of hydrogen-bond donors (Lipinski definition) is 2. The number of carboxylic acid groups (broad SMARTS) is 1. The van der Waals surface area contributed by atoms with Crippen molar-refractivity contribution < 1.29 is 15.0 Å². The fourth-order valence-electron chi connectivity index (χ4n) is 1.04. The SMILES string of the molecule is O=C(O)N(CCO)c1ccccc1. The molecule has 1 rings (SSSR count). The van der Waals surface area contributed by atoms with Gasteiger partial charge in [-0.25, -0.2) is 4.79 Å². The van der Waals surface area contributed by atoms with Crippen LogP contribution in [0, 0.1) is 0 Å². The average molecular weight is 181 g/mol. The van der Waals surface area contributed by atoms with E-state index in [1.165, 1.54) is 0 Å². The monoisotopic (exact) mass is 181 g/mol. The molecule has 0 atom stereocenters. The van der Waals surface area contributed by atoms with E-state index < -0.39 is 6.09 Å². The summed E-state index contributed by atoms with van der Waals surface area (Å²) in [5.41, 5.74) is 0.573. The molecule has 4 nitrogen and oxygen atoms in total. The lowest BCUT2D eigenvalue weighted by Crippen LogP contribution is -2.31. The maximum Gasteiger partial charge on any atom is 0.411 e. The molecule has 4 heteroatoms. The quantitative estimate of drug-likeness (QED) is 0.735. The summed E-state index contributed by atoms with van der Waals surface area (Å²) >= 11 is 0. The Morgan fingerprint density at radius 1 is 1.31 bits per heavy atom. The van der Waals surface area contributed by atoms with Gasteiger partial charge >= 0.3 is 6.09 Å². The molecule has 0 bridgehead atoms. The first-order valence-electron chi connectivity index (χ1n) is 3.92. The zero-order valence-corrected chi connectivity index (χ0v) is 7.05. The molecule has 0 radical (unpaired) electrons. The summed E-state index contributed by atoms with van der Waals surface area (Å²) in [4.78, 5) is 11.8. The molecule has 0 saturated heterocycles. The zero-order valence-electron chi connectivity index (χ0n) is 7.05. The van der Waals surface area contributed by atoms with E-state index in [1.54, 1.807) is 24.3 Å². The predicted octanol–water partition coefficient (Wildman–Crippen LogP) is 1.16. The molecule has 0 saturated carbocycles. The molecule has 0 heterocycles. The maximum atomic E-state index is 10.7. The summed E-state index contributed by atoms with van der Waals surface area (Å²) in [5.74, 6) is 0. The lowest BCUT2D eigenvalue weighted by molar-refractivity contribution is 0.198. The summed E-state index contributed by atoms with van der Waals surface area (Å²) in [5, 5.41) is 17.4. The number of hydrogen-bond acceptors (Lipinski definition) is 2. The van der Waals surface area contributed by atoms with Crippen LogP contribution in [0.2, 0.25) is 0 Å². The number of aliphatic hydroxyl groups excluding tert-OH is 1. The highest BCUT2D eigenvalue weighted by molar-refractivity contribution is 5.85. The van der Waals surface area contributed by atoms with Crippen LogP contribution in [-0.2, 0) is 0 Å². The highest BCUT2D eigenvalue weighted by Gasteiger charge is 2.11. The van der Waals surface area contributed by atoms with Crippen LogP contribution in [0.3, 0.4) is 0 Å². The van der Waals surface area contributed by atoms with Crippen LogP contribution in [0.1, 0.15) is 0 Å². The number of aliphatic hydroxyl groups is 1. The van der Waals surface area contributed by atoms with E-state index in [9.17, 15) is 4.79 Å². The van der Waals surface area contributed by atoms with Gasteiger partial charge in [0, 0.05) is 5.69 Å². The van der Waals surface area contributed by atoms with Gasteiger partial charge in [0.25, 0.3) is 0 Å². The van der Waals surface area contributed by atoms with E-state index in [1.807, 2.05) is 6.07 Å². The van der Waals surface area contributed by atoms with Crippen LogP contribution in [-0.4, -0.2) is 29.5 Å². The minimum Gasteiger partial charge on any atom is -0.465 e. The Morgan fingerprint density at radius 3 is 2.38 bits per heavy atom. The van der Waals surface area contributed by atoms with Gasteiger partial charge in [-0.3, -0.25) is 4.90 Å². The largest absolute Gasteiger partial charge is 0.465 e. The lowest BCUT2D eigenvalue weighted by atomic mass is 10.3. The highest BCUT2D eigenvalue weighted by atomic mass is 16.4. The second-order valence-electron chi connectivity index (χ2n) is 2.49. The molecular formula is C9H11NO3. The molecule has 0 aliphatic heterocycles. The van der Waals surface area contributed by atoms with E-state index in [-0.39, 0.29) is 13.2 Å². The van der Waals surface area contributed by atoms with E-state index >= 15 is 0 Å². The molecule has 13 heavy (non-hydrogen) atoms. The van der Waals surface area contributed by atoms with Crippen LogP contribution in [0.4, 0.5) is 10.5 Å². The van der Waals surface area contributed by atoms with Gasteiger partial charge in [0.1, 0.15) is 0 Å². The third-order valence-corrected chi connectivity index (χ3v) is 1.62. The van der Waals surface area contributed by atoms with Gasteiger partial charge in [-0.15, -0.1) is 0 Å². The number of para-hydroxylation sites is 1. The molecule has 1 aromatic carbocycles. The van der Waals surface area contributed by atoms with Crippen molar-refractivity contribution in [2.24, 2.45) is 0 Å². The fourth-order valence-corrected chi connectivity index (χ4v) is 1.04. The van der Waals surface area contributed by atoms with Gasteiger partial charge in [-0.2, -0.15) is 0 Å². The van der Waals surface area contributed by atoms with E-state index in [0.717, 1.165) is 4.90 Å². The minimum absolute atomic E-state index is 0.0966. The first-order chi connectivity index (χ1) is 6.25. The summed E-state index contributed by atoms with van der Waals surface area (Å²) < 4.78 is 0. The summed E-state index contributed by atoms with van der Waals surface area (Å²) in [7, 11) is 0. The second kappa shape index (κ2) is 4.47. The molecule has 0 spiro atoms. The van der Waals surface area contributed by atoms with Crippen molar-refractivity contribution >= 4 is 11.8 Å². The summed E-state index contributed by atoms with van der Waals surface area (Å²) in [6.07, 6.45) is -1.06. The Kier molecular flexibility index (Phi) is 3.28. The second-order valence-corrected chi connectivity index (χ2v) is 2.49. The van der Waals surface area contributed by atoms with Crippen molar-refractivity contribution in [3.8, 4) is 0 Å². The Labute approximate surface area is 76.0 Å². The van der Waals surface area contributed by atoms with Gasteiger partial charge < -0.3 is 10.2 Å². The predicted molar refractivity (Wildman–Crippen MR) is 48.9 cm³/mol. The Balaban J connectivity index is 2.82. The molecule has 0 aromatic heterocycles. The first-order valence-corrected chi connectivity index (χ1v) is 3.92. The van der Waals surface area contributed by atoms with Gasteiger partial charge in [-0.1, -0.05) is 18.2 Å². The van der Waals surface area contributed by atoms with Crippen molar-refractivity contribution in [3.63, 3.8) is 0 Å². The van der Waals surface area contributed by atoms with Crippen LogP contribution in [0.5, 0.6) is 0 Å². The third-order valence-electron chi connectivity index (χ3n) is 1.62. The minimum atomic E-state index is -1.06. The normalized spacial score (nSPS) is 9.62. The number of nitrogens with zero attached hydrogens (tertiary/aromatic N) is 1. The topological polar surface area (TPSA) is 60.8 Å². The Bertz CT molecular complexity index is 273. The van der Waals surface area contributed by atoms with E-state index in [0.29, 0.717) is 5.69 Å². The standard InChI is InChI=1S/C9H11NO3/c11-7-6-10(9(12)13)8-4-2-1-3-5-8/h1-5,11H,6-7H2,(H,12,13). The molecule has 70 valence electrons. The van der Waals surface area contributed by atoms with Gasteiger partial charge in [0.2, 0.25) is 0 Å². The van der Waals surface area contributed by atoms with Gasteiger partial charge in [-0.05, 0) is 12.1 Å². The Morgan fingerprint density at radius 2 is 1.92 bits per heavy atom. The molecule has 1 amide bonds. The highest BCUT2D eigenvalue weighted by Crippen LogP contribution is 2.12. The zero-order chi connectivity index (χ0) is 9.68. The number of rotatable bonds is 3. The van der Waals surface area contributed by atoms with Gasteiger partial charge in [0.05, 0.1) is 13.2 Å².